The smallest absolute Gasteiger partial charge is 0.127 e. The summed E-state index contributed by atoms with van der Waals surface area (Å²) in [5.74, 6) is -0.221. The lowest BCUT2D eigenvalue weighted by Crippen LogP contribution is -1.97. The fourth-order valence-corrected chi connectivity index (χ4v) is 3.07. The third-order valence-corrected chi connectivity index (χ3v) is 4.07. The number of alkyl halides is 1. The van der Waals surface area contributed by atoms with Crippen LogP contribution in [0.15, 0.2) is 35.0 Å². The highest BCUT2D eigenvalue weighted by Crippen LogP contribution is 2.31. The molecule has 4 heteroatoms. The van der Waals surface area contributed by atoms with Crippen molar-refractivity contribution < 1.29 is 4.39 Å². The Morgan fingerprint density at radius 3 is 2.88 bits per heavy atom. The van der Waals surface area contributed by atoms with Crippen LogP contribution in [0.3, 0.4) is 0 Å². The van der Waals surface area contributed by atoms with Crippen molar-refractivity contribution in [2.75, 3.05) is 0 Å². The largest absolute Gasteiger partial charge is 0.207 e. The van der Waals surface area contributed by atoms with Crippen LogP contribution in [0.2, 0.25) is 5.02 Å². The SMILES string of the molecule is Fc1ccc(Cl)cc1C(Br)Cc1ccsc1. The number of halogens is 3. The van der Waals surface area contributed by atoms with E-state index < -0.39 is 0 Å². The topological polar surface area (TPSA) is 0 Å². The molecule has 0 radical (unpaired) electrons. The van der Waals surface area contributed by atoms with Gasteiger partial charge in [0.25, 0.3) is 0 Å². The van der Waals surface area contributed by atoms with Crippen LogP contribution in [-0.2, 0) is 6.42 Å². The molecule has 0 bridgehead atoms. The highest BCUT2D eigenvalue weighted by Gasteiger charge is 2.13. The normalized spacial score (nSPS) is 12.7. The van der Waals surface area contributed by atoms with Gasteiger partial charge in [0.2, 0.25) is 0 Å². The monoisotopic (exact) mass is 318 g/mol. The third kappa shape index (κ3) is 2.84. The van der Waals surface area contributed by atoms with Crippen molar-refractivity contribution in [3.63, 3.8) is 0 Å². The molecule has 84 valence electrons. The minimum atomic E-state index is -0.221. The maximum absolute atomic E-state index is 13.6. The molecule has 0 fully saturated rings. The second-order valence-electron chi connectivity index (χ2n) is 3.47. The van der Waals surface area contributed by atoms with Gasteiger partial charge in [0, 0.05) is 15.4 Å². The Balaban J connectivity index is 2.20. The molecule has 1 atom stereocenters. The van der Waals surface area contributed by atoms with Gasteiger partial charge in [-0.1, -0.05) is 27.5 Å². The van der Waals surface area contributed by atoms with Crippen molar-refractivity contribution in [2.24, 2.45) is 0 Å². The van der Waals surface area contributed by atoms with Gasteiger partial charge in [-0.05, 0) is 47.0 Å². The summed E-state index contributed by atoms with van der Waals surface area (Å²) >= 11 is 11.0. The molecule has 1 aromatic carbocycles. The fourth-order valence-electron chi connectivity index (χ4n) is 1.48. The first-order valence-corrected chi connectivity index (χ1v) is 7.00. The molecule has 0 aliphatic rings. The van der Waals surface area contributed by atoms with Crippen LogP contribution in [0.4, 0.5) is 4.39 Å². The van der Waals surface area contributed by atoms with Gasteiger partial charge >= 0.3 is 0 Å². The third-order valence-electron chi connectivity index (χ3n) is 2.29. The second kappa shape index (κ2) is 5.30. The zero-order valence-electron chi connectivity index (χ0n) is 8.29. The van der Waals surface area contributed by atoms with Crippen molar-refractivity contribution in [3.05, 3.63) is 57.0 Å². The molecule has 1 aromatic heterocycles. The van der Waals surface area contributed by atoms with Crippen molar-refractivity contribution in [1.29, 1.82) is 0 Å². The molecule has 2 rings (SSSR count). The van der Waals surface area contributed by atoms with Gasteiger partial charge < -0.3 is 0 Å². The molecule has 2 aromatic rings. The molecule has 0 N–H and O–H groups in total. The van der Waals surface area contributed by atoms with E-state index in [0.717, 1.165) is 6.42 Å². The van der Waals surface area contributed by atoms with Crippen molar-refractivity contribution in [2.45, 2.75) is 11.2 Å². The van der Waals surface area contributed by atoms with Gasteiger partial charge in [-0.25, -0.2) is 4.39 Å². The molecule has 1 unspecified atom stereocenters. The molecular weight excluding hydrogens is 311 g/mol. The Hall–Kier alpha value is -0.380. The first-order chi connectivity index (χ1) is 7.66. The van der Waals surface area contributed by atoms with E-state index in [1.54, 1.807) is 23.5 Å². The van der Waals surface area contributed by atoms with Crippen LogP contribution in [0.5, 0.6) is 0 Å². The quantitative estimate of drug-likeness (QED) is 0.680. The molecule has 0 spiro atoms. The van der Waals surface area contributed by atoms with E-state index in [1.807, 2.05) is 11.4 Å². The number of hydrogen-bond acceptors (Lipinski definition) is 1. The van der Waals surface area contributed by atoms with E-state index in [9.17, 15) is 4.39 Å². The molecule has 0 nitrogen and oxygen atoms in total. The molecule has 16 heavy (non-hydrogen) atoms. The average Bonchev–Trinajstić information content (AvgIpc) is 2.74. The van der Waals surface area contributed by atoms with Gasteiger partial charge in [0.1, 0.15) is 5.82 Å². The van der Waals surface area contributed by atoms with E-state index in [2.05, 4.69) is 21.3 Å². The van der Waals surface area contributed by atoms with Gasteiger partial charge in [-0.15, -0.1) is 0 Å². The summed E-state index contributed by atoms with van der Waals surface area (Å²) in [4.78, 5) is -0.0409. The first-order valence-electron chi connectivity index (χ1n) is 4.77. The van der Waals surface area contributed by atoms with E-state index in [-0.39, 0.29) is 10.6 Å². The summed E-state index contributed by atoms with van der Waals surface area (Å²) in [5, 5.41) is 4.64. The van der Waals surface area contributed by atoms with E-state index in [4.69, 9.17) is 11.6 Å². The minimum absolute atomic E-state index is 0.0409. The maximum atomic E-state index is 13.6. The number of thiophene rings is 1. The predicted octanol–water partition coefficient (Wildman–Crippen LogP) is 5.22. The number of rotatable bonds is 3. The lowest BCUT2D eigenvalue weighted by molar-refractivity contribution is 0.608. The first kappa shape index (κ1) is 12.1. The molecule has 0 saturated carbocycles. The van der Waals surface area contributed by atoms with E-state index >= 15 is 0 Å². The van der Waals surface area contributed by atoms with Gasteiger partial charge in [0.05, 0.1) is 0 Å². The molecule has 0 amide bonds. The van der Waals surface area contributed by atoms with Crippen LogP contribution in [0.1, 0.15) is 16.0 Å². The molecule has 1 heterocycles. The van der Waals surface area contributed by atoms with Gasteiger partial charge in [-0.2, -0.15) is 11.3 Å². The standard InChI is InChI=1S/C12H9BrClFS/c13-11(5-8-3-4-16-7-8)10-6-9(14)1-2-12(10)15/h1-4,6-7,11H,5H2. The van der Waals surface area contributed by atoms with Gasteiger partial charge in [0.15, 0.2) is 0 Å². The minimum Gasteiger partial charge on any atom is -0.207 e. The maximum Gasteiger partial charge on any atom is 0.127 e. The van der Waals surface area contributed by atoms with Crippen LogP contribution >= 0.6 is 38.9 Å². The van der Waals surface area contributed by atoms with Crippen LogP contribution < -0.4 is 0 Å². The summed E-state index contributed by atoms with van der Waals surface area (Å²) in [6.45, 7) is 0. The van der Waals surface area contributed by atoms with E-state index in [0.29, 0.717) is 10.6 Å². The van der Waals surface area contributed by atoms with Crippen LogP contribution in [0.25, 0.3) is 0 Å². The van der Waals surface area contributed by atoms with E-state index in [1.165, 1.54) is 11.6 Å². The molecule has 0 aliphatic heterocycles. The highest BCUT2D eigenvalue weighted by molar-refractivity contribution is 9.09. The molecular formula is C12H9BrClFS. The zero-order valence-corrected chi connectivity index (χ0v) is 11.4. The highest BCUT2D eigenvalue weighted by atomic mass is 79.9. The summed E-state index contributed by atoms with van der Waals surface area (Å²) < 4.78 is 13.6. The summed E-state index contributed by atoms with van der Waals surface area (Å²) in [7, 11) is 0. The lowest BCUT2D eigenvalue weighted by atomic mass is 10.1. The fraction of sp³-hybridized carbons (Fsp3) is 0.167. The van der Waals surface area contributed by atoms with Crippen LogP contribution in [-0.4, -0.2) is 0 Å². The lowest BCUT2D eigenvalue weighted by Gasteiger charge is -2.10. The number of benzene rings is 1. The Kier molecular flexibility index (Phi) is 4.00. The van der Waals surface area contributed by atoms with Crippen LogP contribution in [0, 0.1) is 5.82 Å². The Morgan fingerprint density at radius 1 is 1.38 bits per heavy atom. The van der Waals surface area contributed by atoms with Crippen molar-refractivity contribution >= 4 is 38.9 Å². The van der Waals surface area contributed by atoms with Gasteiger partial charge in [-0.3, -0.25) is 0 Å². The Bertz CT molecular complexity index is 470. The average molecular weight is 320 g/mol. The summed E-state index contributed by atoms with van der Waals surface area (Å²) in [5.41, 5.74) is 1.81. The van der Waals surface area contributed by atoms with Crippen molar-refractivity contribution in [3.8, 4) is 0 Å². The second-order valence-corrected chi connectivity index (χ2v) is 5.79. The van der Waals surface area contributed by atoms with Crippen molar-refractivity contribution in [1.82, 2.24) is 0 Å². The molecule has 0 saturated heterocycles. The molecule has 0 aliphatic carbocycles. The summed E-state index contributed by atoms with van der Waals surface area (Å²) in [6, 6.07) is 6.67. The Labute approximate surface area is 111 Å². The summed E-state index contributed by atoms with van der Waals surface area (Å²) in [6.07, 6.45) is 0.765. The Morgan fingerprint density at radius 2 is 2.19 bits per heavy atom. The predicted molar refractivity (Wildman–Crippen MR) is 71.1 cm³/mol. The number of hydrogen-bond donors (Lipinski definition) is 0. The zero-order chi connectivity index (χ0) is 11.5.